The molecule has 0 aromatic heterocycles. The van der Waals surface area contributed by atoms with Gasteiger partial charge in [0.05, 0.1) is 6.61 Å². The van der Waals surface area contributed by atoms with E-state index in [0.29, 0.717) is 19.1 Å². The van der Waals surface area contributed by atoms with Crippen molar-refractivity contribution in [1.29, 1.82) is 0 Å². The Morgan fingerprint density at radius 2 is 2.21 bits per heavy atom. The second kappa shape index (κ2) is 6.17. The van der Waals surface area contributed by atoms with Crippen molar-refractivity contribution in [2.24, 2.45) is 11.7 Å². The number of nitrogens with one attached hydrogen (secondary N) is 1. The number of benzene rings is 1. The third-order valence-electron chi connectivity index (χ3n) is 3.62. The Bertz CT molecular complexity index is 446. The molecule has 0 radical (unpaired) electrons. The van der Waals surface area contributed by atoms with Crippen molar-refractivity contribution in [3.63, 3.8) is 0 Å². The summed E-state index contributed by atoms with van der Waals surface area (Å²) >= 11 is 0. The molecule has 4 nitrogen and oxygen atoms in total. The zero-order valence-corrected chi connectivity index (χ0v) is 11.6. The van der Waals surface area contributed by atoms with E-state index >= 15 is 0 Å². The van der Waals surface area contributed by atoms with E-state index in [-0.39, 0.29) is 11.9 Å². The standard InChI is InChI=1S/C15H22N2O2/c1-10(2)13(9-16)17-15(18)14-12-6-4-3-5-11(12)7-8-19-14/h3-6,10,13-14H,7-9,16H2,1-2H3,(H,17,18). The normalized spacial score (nSPS) is 19.9. The molecule has 1 aliphatic heterocycles. The van der Waals surface area contributed by atoms with Crippen LogP contribution in [0.2, 0.25) is 0 Å². The second-order valence-corrected chi connectivity index (χ2v) is 5.29. The van der Waals surface area contributed by atoms with Crippen LogP contribution in [-0.4, -0.2) is 25.1 Å². The first-order valence-electron chi connectivity index (χ1n) is 6.83. The average Bonchev–Trinajstić information content (AvgIpc) is 2.43. The first-order chi connectivity index (χ1) is 9.13. The molecule has 0 fully saturated rings. The molecular formula is C15H22N2O2. The number of ether oxygens (including phenoxy) is 1. The highest BCUT2D eigenvalue weighted by Gasteiger charge is 2.28. The molecule has 0 saturated carbocycles. The third-order valence-corrected chi connectivity index (χ3v) is 3.62. The Labute approximate surface area is 114 Å². The summed E-state index contributed by atoms with van der Waals surface area (Å²) in [6, 6.07) is 7.95. The van der Waals surface area contributed by atoms with E-state index in [4.69, 9.17) is 10.5 Å². The molecule has 19 heavy (non-hydrogen) atoms. The van der Waals surface area contributed by atoms with Crippen molar-refractivity contribution >= 4 is 5.91 Å². The van der Waals surface area contributed by atoms with Gasteiger partial charge in [-0.05, 0) is 23.5 Å². The number of carbonyl (C=O) groups is 1. The van der Waals surface area contributed by atoms with Crippen molar-refractivity contribution in [3.8, 4) is 0 Å². The lowest BCUT2D eigenvalue weighted by Gasteiger charge is -2.28. The highest BCUT2D eigenvalue weighted by atomic mass is 16.5. The predicted octanol–water partition coefficient (Wildman–Crippen LogP) is 1.40. The van der Waals surface area contributed by atoms with Gasteiger partial charge in [0, 0.05) is 12.6 Å². The quantitative estimate of drug-likeness (QED) is 0.862. The lowest BCUT2D eigenvalue weighted by Crippen LogP contribution is -2.46. The molecule has 4 heteroatoms. The molecule has 1 aliphatic rings. The lowest BCUT2D eigenvalue weighted by molar-refractivity contribution is -0.135. The van der Waals surface area contributed by atoms with Crippen molar-refractivity contribution in [1.82, 2.24) is 5.32 Å². The van der Waals surface area contributed by atoms with Gasteiger partial charge in [0.2, 0.25) is 0 Å². The Morgan fingerprint density at radius 1 is 1.47 bits per heavy atom. The average molecular weight is 262 g/mol. The number of hydrogen-bond donors (Lipinski definition) is 2. The number of hydrogen-bond acceptors (Lipinski definition) is 3. The van der Waals surface area contributed by atoms with Gasteiger partial charge in [-0.3, -0.25) is 4.79 Å². The summed E-state index contributed by atoms with van der Waals surface area (Å²) in [4.78, 5) is 12.3. The SMILES string of the molecule is CC(C)C(CN)NC(=O)C1OCCc2ccccc21. The van der Waals surface area contributed by atoms with Crippen molar-refractivity contribution in [3.05, 3.63) is 35.4 Å². The van der Waals surface area contributed by atoms with Crippen LogP contribution in [0.25, 0.3) is 0 Å². The first-order valence-corrected chi connectivity index (χ1v) is 6.83. The molecule has 2 rings (SSSR count). The van der Waals surface area contributed by atoms with Crippen LogP contribution in [0.4, 0.5) is 0 Å². The van der Waals surface area contributed by atoms with E-state index < -0.39 is 6.10 Å². The molecule has 0 saturated heterocycles. The maximum atomic E-state index is 12.3. The van der Waals surface area contributed by atoms with E-state index in [1.165, 1.54) is 5.56 Å². The Morgan fingerprint density at radius 3 is 2.89 bits per heavy atom. The predicted molar refractivity (Wildman–Crippen MR) is 74.7 cm³/mol. The topological polar surface area (TPSA) is 64.3 Å². The molecule has 0 spiro atoms. The monoisotopic (exact) mass is 262 g/mol. The Kier molecular flexibility index (Phi) is 4.56. The first kappa shape index (κ1) is 14.0. The highest BCUT2D eigenvalue weighted by molar-refractivity contribution is 5.83. The molecule has 2 unspecified atom stereocenters. The maximum absolute atomic E-state index is 12.3. The van der Waals surface area contributed by atoms with Gasteiger partial charge >= 0.3 is 0 Å². The summed E-state index contributed by atoms with van der Waals surface area (Å²) in [7, 11) is 0. The highest BCUT2D eigenvalue weighted by Crippen LogP contribution is 2.27. The summed E-state index contributed by atoms with van der Waals surface area (Å²) in [6.45, 7) is 5.13. The second-order valence-electron chi connectivity index (χ2n) is 5.29. The van der Waals surface area contributed by atoms with Gasteiger partial charge in [-0.1, -0.05) is 38.1 Å². The van der Waals surface area contributed by atoms with Crippen LogP contribution >= 0.6 is 0 Å². The van der Waals surface area contributed by atoms with E-state index in [2.05, 4.69) is 11.4 Å². The molecule has 1 amide bonds. The number of carbonyl (C=O) groups excluding carboxylic acids is 1. The fourth-order valence-electron chi connectivity index (χ4n) is 2.37. The molecule has 1 heterocycles. The van der Waals surface area contributed by atoms with Gasteiger partial charge in [-0.2, -0.15) is 0 Å². The molecular weight excluding hydrogens is 240 g/mol. The minimum absolute atomic E-state index is 0.00908. The van der Waals surface area contributed by atoms with Crippen LogP contribution in [0.5, 0.6) is 0 Å². The van der Waals surface area contributed by atoms with Crippen LogP contribution in [0.15, 0.2) is 24.3 Å². The van der Waals surface area contributed by atoms with Crippen LogP contribution in [0.1, 0.15) is 31.1 Å². The van der Waals surface area contributed by atoms with Crippen LogP contribution in [0, 0.1) is 5.92 Å². The van der Waals surface area contributed by atoms with Crippen molar-refractivity contribution in [2.45, 2.75) is 32.4 Å². The number of amides is 1. The van der Waals surface area contributed by atoms with Crippen molar-refractivity contribution in [2.75, 3.05) is 13.2 Å². The fraction of sp³-hybridized carbons (Fsp3) is 0.533. The summed E-state index contributed by atoms with van der Waals surface area (Å²) in [6.07, 6.45) is 0.363. The smallest absolute Gasteiger partial charge is 0.254 e. The van der Waals surface area contributed by atoms with Crippen molar-refractivity contribution < 1.29 is 9.53 Å². The minimum atomic E-state index is -0.502. The van der Waals surface area contributed by atoms with Gasteiger partial charge < -0.3 is 15.8 Å². The Hall–Kier alpha value is -1.39. The van der Waals surface area contributed by atoms with Crippen LogP contribution < -0.4 is 11.1 Å². The van der Waals surface area contributed by atoms with E-state index in [9.17, 15) is 4.79 Å². The molecule has 2 atom stereocenters. The summed E-state index contributed by atoms with van der Waals surface area (Å²) in [5.74, 6) is 0.226. The largest absolute Gasteiger partial charge is 0.363 e. The van der Waals surface area contributed by atoms with Crippen LogP contribution in [0.3, 0.4) is 0 Å². The maximum Gasteiger partial charge on any atom is 0.254 e. The molecule has 0 aliphatic carbocycles. The number of fused-ring (bicyclic) bond motifs is 1. The Balaban J connectivity index is 2.12. The summed E-state index contributed by atoms with van der Waals surface area (Å²) in [5.41, 5.74) is 7.87. The minimum Gasteiger partial charge on any atom is -0.363 e. The summed E-state index contributed by atoms with van der Waals surface area (Å²) < 4.78 is 5.64. The molecule has 0 bridgehead atoms. The third kappa shape index (κ3) is 3.14. The molecule has 104 valence electrons. The number of nitrogens with two attached hydrogens (primary N) is 1. The van der Waals surface area contributed by atoms with Gasteiger partial charge in [0.25, 0.3) is 5.91 Å². The zero-order chi connectivity index (χ0) is 13.8. The lowest BCUT2D eigenvalue weighted by atomic mass is 9.96. The van der Waals surface area contributed by atoms with Gasteiger partial charge in [-0.25, -0.2) is 0 Å². The zero-order valence-electron chi connectivity index (χ0n) is 11.6. The molecule has 1 aromatic carbocycles. The molecule has 3 N–H and O–H groups in total. The number of rotatable bonds is 4. The summed E-state index contributed by atoms with van der Waals surface area (Å²) in [5, 5.41) is 2.99. The van der Waals surface area contributed by atoms with E-state index in [0.717, 1.165) is 12.0 Å². The molecule has 1 aromatic rings. The van der Waals surface area contributed by atoms with E-state index in [1.54, 1.807) is 0 Å². The fourth-order valence-corrected chi connectivity index (χ4v) is 2.37. The van der Waals surface area contributed by atoms with Gasteiger partial charge in [0.1, 0.15) is 0 Å². The van der Waals surface area contributed by atoms with Gasteiger partial charge in [0.15, 0.2) is 6.10 Å². The van der Waals surface area contributed by atoms with Crippen LogP contribution in [-0.2, 0) is 16.0 Å². The van der Waals surface area contributed by atoms with E-state index in [1.807, 2.05) is 32.0 Å². The van der Waals surface area contributed by atoms with Gasteiger partial charge in [-0.15, -0.1) is 0 Å².